The molecular formula is C18H14F3NO5S. The molecule has 3 aromatic rings. The second-order valence-corrected chi connectivity index (χ2v) is 7.76. The zero-order valence-electron chi connectivity index (χ0n) is 14.6. The third-order valence-corrected chi connectivity index (χ3v) is 5.57. The Morgan fingerprint density at radius 3 is 2.43 bits per heavy atom. The van der Waals surface area contributed by atoms with Crippen molar-refractivity contribution in [2.75, 3.05) is 12.4 Å². The molecule has 148 valence electrons. The molecule has 10 heteroatoms. The van der Waals surface area contributed by atoms with Crippen molar-refractivity contribution in [2.24, 2.45) is 0 Å². The van der Waals surface area contributed by atoms with E-state index < -0.39 is 26.1 Å². The zero-order valence-corrected chi connectivity index (χ0v) is 15.4. The highest BCUT2D eigenvalue weighted by atomic mass is 32.2. The molecule has 1 aromatic heterocycles. The molecule has 0 saturated carbocycles. The SMILES string of the molecule is COc1ccc(S(=O)(=O)C(F)(F)F)cc1NC(=O)c1oc2ccccc2c1C. The summed E-state index contributed by atoms with van der Waals surface area (Å²) >= 11 is 0. The lowest BCUT2D eigenvalue weighted by molar-refractivity contribution is -0.0436. The van der Waals surface area contributed by atoms with E-state index in [4.69, 9.17) is 9.15 Å². The van der Waals surface area contributed by atoms with Gasteiger partial charge in [-0.25, -0.2) is 8.42 Å². The number of benzene rings is 2. The monoisotopic (exact) mass is 413 g/mol. The standard InChI is InChI=1S/C18H14F3NO5S/c1-10-12-5-3-4-6-14(12)27-16(10)17(23)22-13-9-11(7-8-15(13)26-2)28(24,25)18(19,20)21/h3-9H,1-2H3,(H,22,23). The van der Waals surface area contributed by atoms with Gasteiger partial charge in [-0.1, -0.05) is 18.2 Å². The topological polar surface area (TPSA) is 85.6 Å². The number of halogens is 3. The van der Waals surface area contributed by atoms with Crippen LogP contribution in [0.25, 0.3) is 11.0 Å². The van der Waals surface area contributed by atoms with E-state index in [1.165, 1.54) is 7.11 Å². The molecule has 0 fully saturated rings. The van der Waals surface area contributed by atoms with E-state index in [-0.39, 0.29) is 17.2 Å². The molecule has 0 unspecified atom stereocenters. The van der Waals surface area contributed by atoms with Gasteiger partial charge in [-0.2, -0.15) is 13.2 Å². The second-order valence-electron chi connectivity index (χ2n) is 5.82. The number of anilines is 1. The molecule has 3 rings (SSSR count). The number of nitrogens with one attached hydrogen (secondary N) is 1. The Morgan fingerprint density at radius 2 is 1.82 bits per heavy atom. The molecule has 0 bridgehead atoms. The van der Waals surface area contributed by atoms with Crippen LogP contribution in [0.15, 0.2) is 51.8 Å². The summed E-state index contributed by atoms with van der Waals surface area (Å²) in [5.74, 6) is -0.816. The number of carbonyl (C=O) groups is 1. The smallest absolute Gasteiger partial charge is 0.495 e. The van der Waals surface area contributed by atoms with E-state index in [0.29, 0.717) is 22.6 Å². The van der Waals surface area contributed by atoms with E-state index in [1.807, 2.05) is 0 Å². The predicted octanol–water partition coefficient (Wildman–Crippen LogP) is 4.30. The molecule has 6 nitrogen and oxygen atoms in total. The normalized spacial score (nSPS) is 12.2. The van der Waals surface area contributed by atoms with Crippen LogP contribution in [-0.4, -0.2) is 26.9 Å². The molecule has 0 aliphatic carbocycles. The van der Waals surface area contributed by atoms with Crippen molar-refractivity contribution in [2.45, 2.75) is 17.3 Å². The van der Waals surface area contributed by atoms with Crippen LogP contribution in [-0.2, 0) is 9.84 Å². The van der Waals surface area contributed by atoms with Gasteiger partial charge in [-0.15, -0.1) is 0 Å². The fourth-order valence-electron chi connectivity index (χ4n) is 2.66. The second kappa shape index (κ2) is 6.86. The molecule has 0 radical (unpaired) electrons. The van der Waals surface area contributed by atoms with Crippen LogP contribution in [0.2, 0.25) is 0 Å². The van der Waals surface area contributed by atoms with Crippen LogP contribution >= 0.6 is 0 Å². The van der Waals surface area contributed by atoms with Crippen molar-refractivity contribution in [3.05, 3.63) is 53.8 Å². The maximum Gasteiger partial charge on any atom is 0.501 e. The number of alkyl halides is 3. The number of methoxy groups -OCH3 is 1. The Morgan fingerprint density at radius 1 is 1.14 bits per heavy atom. The van der Waals surface area contributed by atoms with Crippen molar-refractivity contribution in [3.63, 3.8) is 0 Å². The highest BCUT2D eigenvalue weighted by Gasteiger charge is 2.47. The molecule has 1 heterocycles. The number of hydrogen-bond donors (Lipinski definition) is 1. The van der Waals surface area contributed by atoms with E-state index in [0.717, 1.165) is 12.1 Å². The van der Waals surface area contributed by atoms with Crippen LogP contribution in [0.3, 0.4) is 0 Å². The van der Waals surface area contributed by atoms with Crippen LogP contribution in [0.4, 0.5) is 18.9 Å². The third-order valence-electron chi connectivity index (χ3n) is 4.08. The summed E-state index contributed by atoms with van der Waals surface area (Å²) in [4.78, 5) is 11.6. The first-order valence-corrected chi connectivity index (χ1v) is 9.33. The Hall–Kier alpha value is -3.01. The fraction of sp³-hybridized carbons (Fsp3) is 0.167. The van der Waals surface area contributed by atoms with Gasteiger partial charge in [0.05, 0.1) is 17.7 Å². The minimum Gasteiger partial charge on any atom is -0.495 e. The first-order chi connectivity index (χ1) is 13.1. The molecule has 0 aliphatic rings. The van der Waals surface area contributed by atoms with Gasteiger partial charge in [0.25, 0.3) is 15.7 Å². The number of rotatable bonds is 4. The van der Waals surface area contributed by atoms with E-state index in [2.05, 4.69) is 5.32 Å². The van der Waals surface area contributed by atoms with Crippen LogP contribution < -0.4 is 10.1 Å². The minimum atomic E-state index is -5.58. The fourth-order valence-corrected chi connectivity index (χ4v) is 3.44. The Bertz CT molecular complexity index is 1170. The zero-order chi connectivity index (χ0) is 20.7. The summed E-state index contributed by atoms with van der Waals surface area (Å²) in [7, 11) is -4.35. The molecule has 28 heavy (non-hydrogen) atoms. The maximum absolute atomic E-state index is 12.8. The van der Waals surface area contributed by atoms with Gasteiger partial charge in [-0.05, 0) is 31.2 Å². The number of carbonyl (C=O) groups excluding carboxylic acids is 1. The van der Waals surface area contributed by atoms with Gasteiger partial charge in [-0.3, -0.25) is 4.79 Å². The Labute approximate surface area is 157 Å². The summed E-state index contributed by atoms with van der Waals surface area (Å²) < 4.78 is 72.2. The van der Waals surface area contributed by atoms with Crippen LogP contribution in [0.5, 0.6) is 5.75 Å². The number of ether oxygens (including phenoxy) is 1. The summed E-state index contributed by atoms with van der Waals surface area (Å²) in [6, 6.07) is 9.38. The lowest BCUT2D eigenvalue weighted by atomic mass is 10.1. The number of amides is 1. The largest absolute Gasteiger partial charge is 0.501 e. The van der Waals surface area contributed by atoms with Gasteiger partial charge in [0, 0.05) is 10.9 Å². The number of sulfone groups is 1. The molecule has 0 aliphatic heterocycles. The number of hydrogen-bond acceptors (Lipinski definition) is 5. The van der Waals surface area contributed by atoms with Gasteiger partial charge >= 0.3 is 5.51 Å². The van der Waals surface area contributed by atoms with Crippen molar-refractivity contribution < 1.29 is 35.5 Å². The Kier molecular flexibility index (Phi) is 4.84. The number of fused-ring (bicyclic) bond motifs is 1. The summed E-state index contributed by atoms with van der Waals surface area (Å²) in [5, 5.41) is 3.06. The predicted molar refractivity (Wildman–Crippen MR) is 95.1 cm³/mol. The lowest BCUT2D eigenvalue weighted by Crippen LogP contribution is -2.23. The van der Waals surface area contributed by atoms with Gasteiger partial charge in [0.1, 0.15) is 11.3 Å². The van der Waals surface area contributed by atoms with Crippen molar-refractivity contribution >= 4 is 32.4 Å². The highest BCUT2D eigenvalue weighted by molar-refractivity contribution is 7.92. The third kappa shape index (κ3) is 3.31. The number of aryl methyl sites for hydroxylation is 1. The summed E-state index contributed by atoms with van der Waals surface area (Å²) in [6.07, 6.45) is 0. The molecule has 2 aromatic carbocycles. The quantitative estimate of drug-likeness (QED) is 0.690. The lowest BCUT2D eigenvalue weighted by Gasteiger charge is -2.13. The molecule has 1 amide bonds. The van der Waals surface area contributed by atoms with Gasteiger partial charge in [0.2, 0.25) is 0 Å². The molecule has 0 atom stereocenters. The molecular weight excluding hydrogens is 399 g/mol. The maximum atomic E-state index is 12.8. The first-order valence-electron chi connectivity index (χ1n) is 7.85. The van der Waals surface area contributed by atoms with Crippen molar-refractivity contribution in [1.29, 1.82) is 0 Å². The average Bonchev–Trinajstić information content (AvgIpc) is 2.98. The van der Waals surface area contributed by atoms with E-state index >= 15 is 0 Å². The van der Waals surface area contributed by atoms with Crippen molar-refractivity contribution in [1.82, 2.24) is 0 Å². The van der Waals surface area contributed by atoms with Crippen LogP contribution in [0, 0.1) is 6.92 Å². The van der Waals surface area contributed by atoms with Crippen LogP contribution in [0.1, 0.15) is 16.1 Å². The molecule has 0 spiro atoms. The van der Waals surface area contributed by atoms with E-state index in [9.17, 15) is 26.4 Å². The van der Waals surface area contributed by atoms with Crippen molar-refractivity contribution in [3.8, 4) is 5.75 Å². The number of furan rings is 1. The summed E-state index contributed by atoms with van der Waals surface area (Å²) in [6.45, 7) is 1.66. The average molecular weight is 413 g/mol. The Balaban J connectivity index is 2.02. The highest BCUT2D eigenvalue weighted by Crippen LogP contribution is 2.35. The van der Waals surface area contributed by atoms with E-state index in [1.54, 1.807) is 31.2 Å². The molecule has 0 saturated heterocycles. The van der Waals surface area contributed by atoms with Gasteiger partial charge in [0.15, 0.2) is 5.76 Å². The first kappa shape index (κ1) is 19.7. The molecule has 1 N–H and O–H groups in total. The summed E-state index contributed by atoms with van der Waals surface area (Å²) in [5.41, 5.74) is -4.72. The number of para-hydroxylation sites is 1. The van der Waals surface area contributed by atoms with Gasteiger partial charge < -0.3 is 14.5 Å². The minimum absolute atomic E-state index is 0.0109.